The van der Waals surface area contributed by atoms with E-state index in [4.69, 9.17) is 9.47 Å². The first kappa shape index (κ1) is 20.3. The summed E-state index contributed by atoms with van der Waals surface area (Å²) in [4.78, 5) is 30.1. The lowest BCUT2D eigenvalue weighted by molar-refractivity contribution is -0.133. The molecule has 1 saturated carbocycles. The van der Waals surface area contributed by atoms with Crippen molar-refractivity contribution in [3.63, 3.8) is 0 Å². The van der Waals surface area contributed by atoms with Crippen LogP contribution in [0.15, 0.2) is 36.5 Å². The van der Waals surface area contributed by atoms with Gasteiger partial charge in [0.15, 0.2) is 11.5 Å². The van der Waals surface area contributed by atoms with Crippen molar-refractivity contribution in [2.75, 3.05) is 19.9 Å². The minimum absolute atomic E-state index is 0.00607. The van der Waals surface area contributed by atoms with Gasteiger partial charge in [-0.25, -0.2) is 0 Å². The molecule has 0 spiro atoms. The Hall–Kier alpha value is -2.96. The fourth-order valence-corrected chi connectivity index (χ4v) is 3.77. The number of carbonyl (C=O) groups excluding carboxylic acids is 2. The van der Waals surface area contributed by atoms with E-state index in [1.165, 1.54) is 0 Å². The van der Waals surface area contributed by atoms with Gasteiger partial charge in [-0.05, 0) is 49.1 Å². The summed E-state index contributed by atoms with van der Waals surface area (Å²) in [5, 5.41) is 0. The van der Waals surface area contributed by atoms with Gasteiger partial charge < -0.3 is 23.8 Å². The minimum atomic E-state index is -0.162. The summed E-state index contributed by atoms with van der Waals surface area (Å²) >= 11 is 0. The first-order valence-electron chi connectivity index (χ1n) is 10.5. The Morgan fingerprint density at radius 3 is 2.60 bits per heavy atom. The fourth-order valence-electron chi connectivity index (χ4n) is 3.77. The molecule has 2 amide bonds. The van der Waals surface area contributed by atoms with Gasteiger partial charge in [-0.15, -0.1) is 0 Å². The highest BCUT2D eigenvalue weighted by molar-refractivity contribution is 5.97. The van der Waals surface area contributed by atoms with E-state index in [2.05, 4.69) is 0 Å². The second-order valence-electron chi connectivity index (χ2n) is 8.51. The molecule has 1 aromatic carbocycles. The number of amides is 2. The summed E-state index contributed by atoms with van der Waals surface area (Å²) in [7, 11) is 1.99. The summed E-state index contributed by atoms with van der Waals surface area (Å²) < 4.78 is 12.8. The number of hydrogen-bond donors (Lipinski definition) is 0. The van der Waals surface area contributed by atoms with Crippen molar-refractivity contribution in [3.05, 3.63) is 47.8 Å². The quantitative estimate of drug-likeness (QED) is 0.670. The Morgan fingerprint density at radius 1 is 1.17 bits per heavy atom. The molecule has 7 nitrogen and oxygen atoms in total. The van der Waals surface area contributed by atoms with Crippen molar-refractivity contribution >= 4 is 11.8 Å². The summed E-state index contributed by atoms with van der Waals surface area (Å²) in [6, 6.07) is 9.47. The van der Waals surface area contributed by atoms with Gasteiger partial charge >= 0.3 is 0 Å². The van der Waals surface area contributed by atoms with Gasteiger partial charge in [-0.3, -0.25) is 9.59 Å². The maximum absolute atomic E-state index is 13.3. The van der Waals surface area contributed by atoms with Crippen molar-refractivity contribution in [2.45, 2.75) is 39.3 Å². The molecule has 0 bridgehead atoms. The molecular formula is C23H29N3O4. The third-order valence-electron chi connectivity index (χ3n) is 5.51. The standard InChI is InChI=1S/C23H29N3O4/c1-16(2)12-25(23(28)17-6-9-20-21(11-17)30-15-29-20)14-22(27)26(18-7-8-18)13-19-5-4-10-24(19)3/h4-6,9-11,16,18H,7-8,12-15H2,1-3H3. The van der Waals surface area contributed by atoms with Gasteiger partial charge in [-0.2, -0.15) is 0 Å². The monoisotopic (exact) mass is 411 g/mol. The molecule has 1 aliphatic heterocycles. The average molecular weight is 412 g/mol. The maximum Gasteiger partial charge on any atom is 0.254 e. The molecule has 2 aromatic rings. The van der Waals surface area contributed by atoms with E-state index in [0.717, 1.165) is 18.5 Å². The number of ether oxygens (including phenoxy) is 2. The van der Waals surface area contributed by atoms with Crippen LogP contribution in [0.3, 0.4) is 0 Å². The van der Waals surface area contributed by atoms with Gasteiger partial charge in [0.2, 0.25) is 12.7 Å². The Kier molecular flexibility index (Phi) is 5.70. The van der Waals surface area contributed by atoms with Crippen LogP contribution in [0, 0.1) is 5.92 Å². The van der Waals surface area contributed by atoms with Crippen LogP contribution in [0.2, 0.25) is 0 Å². The van der Waals surface area contributed by atoms with Crippen LogP contribution in [0.1, 0.15) is 42.7 Å². The zero-order chi connectivity index (χ0) is 21.3. The lowest BCUT2D eigenvalue weighted by Gasteiger charge is -2.29. The average Bonchev–Trinajstić information content (AvgIpc) is 3.30. The number of fused-ring (bicyclic) bond motifs is 1. The van der Waals surface area contributed by atoms with Gasteiger partial charge in [-0.1, -0.05) is 13.8 Å². The number of carbonyl (C=O) groups is 2. The second kappa shape index (κ2) is 8.42. The molecule has 4 rings (SSSR count). The Balaban J connectivity index is 1.50. The van der Waals surface area contributed by atoms with E-state index >= 15 is 0 Å². The lowest BCUT2D eigenvalue weighted by atomic mass is 10.1. The number of nitrogens with zero attached hydrogens (tertiary/aromatic N) is 3. The van der Waals surface area contributed by atoms with Gasteiger partial charge in [0.1, 0.15) is 6.54 Å². The largest absolute Gasteiger partial charge is 0.454 e. The number of hydrogen-bond acceptors (Lipinski definition) is 4. The van der Waals surface area contributed by atoms with Gasteiger partial charge in [0.05, 0.1) is 6.54 Å². The Labute approximate surface area is 177 Å². The summed E-state index contributed by atoms with van der Waals surface area (Å²) in [5.74, 6) is 1.29. The molecule has 1 fully saturated rings. The molecule has 0 unspecified atom stereocenters. The van der Waals surface area contributed by atoms with Crippen molar-refractivity contribution < 1.29 is 19.1 Å². The zero-order valence-electron chi connectivity index (χ0n) is 17.8. The molecule has 0 saturated heterocycles. The van der Waals surface area contributed by atoms with E-state index in [9.17, 15) is 9.59 Å². The number of rotatable bonds is 8. The molecule has 1 aliphatic carbocycles. The highest BCUT2D eigenvalue weighted by Gasteiger charge is 2.34. The lowest BCUT2D eigenvalue weighted by Crippen LogP contribution is -2.45. The van der Waals surface area contributed by atoms with Crippen LogP contribution in [0.5, 0.6) is 11.5 Å². The van der Waals surface area contributed by atoms with Crippen molar-refractivity contribution in [1.82, 2.24) is 14.4 Å². The fraction of sp³-hybridized carbons (Fsp3) is 0.478. The van der Waals surface area contributed by atoms with Crippen LogP contribution in [0.25, 0.3) is 0 Å². The summed E-state index contributed by atoms with van der Waals surface area (Å²) in [6.45, 7) is 5.42. The Morgan fingerprint density at radius 2 is 1.93 bits per heavy atom. The molecule has 1 aromatic heterocycles. The summed E-state index contributed by atoms with van der Waals surface area (Å²) in [6.07, 6.45) is 4.03. The zero-order valence-corrected chi connectivity index (χ0v) is 17.8. The first-order chi connectivity index (χ1) is 14.4. The van der Waals surface area contributed by atoms with E-state index in [1.807, 2.05) is 48.7 Å². The third-order valence-corrected chi connectivity index (χ3v) is 5.51. The van der Waals surface area contributed by atoms with E-state index < -0.39 is 0 Å². The van der Waals surface area contributed by atoms with E-state index in [1.54, 1.807) is 23.1 Å². The minimum Gasteiger partial charge on any atom is -0.454 e. The van der Waals surface area contributed by atoms with Crippen LogP contribution in [-0.4, -0.2) is 52.1 Å². The molecule has 2 aliphatic rings. The topological polar surface area (TPSA) is 64.0 Å². The smallest absolute Gasteiger partial charge is 0.254 e. The van der Waals surface area contributed by atoms with Crippen LogP contribution in [-0.2, 0) is 18.4 Å². The van der Waals surface area contributed by atoms with Gasteiger partial charge in [0.25, 0.3) is 5.91 Å². The number of benzene rings is 1. The predicted molar refractivity (Wildman–Crippen MR) is 112 cm³/mol. The second-order valence-corrected chi connectivity index (χ2v) is 8.51. The Bertz CT molecular complexity index is 932. The highest BCUT2D eigenvalue weighted by atomic mass is 16.7. The first-order valence-corrected chi connectivity index (χ1v) is 10.5. The number of aryl methyl sites for hydroxylation is 1. The van der Waals surface area contributed by atoms with E-state index in [-0.39, 0.29) is 37.1 Å². The highest BCUT2D eigenvalue weighted by Crippen LogP contribution is 2.33. The molecule has 0 radical (unpaired) electrons. The SMILES string of the molecule is CC(C)CN(CC(=O)N(Cc1cccn1C)C1CC1)C(=O)c1ccc2c(c1)OCO2. The van der Waals surface area contributed by atoms with Crippen LogP contribution >= 0.6 is 0 Å². The molecule has 7 heteroatoms. The summed E-state index contributed by atoms with van der Waals surface area (Å²) in [5.41, 5.74) is 1.60. The van der Waals surface area contributed by atoms with E-state index in [0.29, 0.717) is 30.2 Å². The van der Waals surface area contributed by atoms with Crippen LogP contribution in [0.4, 0.5) is 0 Å². The predicted octanol–water partition coefficient (Wildman–Crippen LogP) is 3.04. The molecule has 0 N–H and O–H groups in total. The van der Waals surface area contributed by atoms with Crippen molar-refractivity contribution in [3.8, 4) is 11.5 Å². The normalized spacial score (nSPS) is 14.8. The molecule has 2 heterocycles. The third kappa shape index (κ3) is 4.45. The molecule has 160 valence electrons. The molecule has 0 atom stereocenters. The van der Waals surface area contributed by atoms with Crippen molar-refractivity contribution in [2.24, 2.45) is 13.0 Å². The van der Waals surface area contributed by atoms with Gasteiger partial charge in [0, 0.05) is 37.1 Å². The van der Waals surface area contributed by atoms with Crippen LogP contribution < -0.4 is 9.47 Å². The number of aromatic nitrogens is 1. The molecule has 30 heavy (non-hydrogen) atoms. The molecular weight excluding hydrogens is 382 g/mol. The maximum atomic E-state index is 13.3. The van der Waals surface area contributed by atoms with Crippen molar-refractivity contribution in [1.29, 1.82) is 0 Å².